The first-order chi connectivity index (χ1) is 48.9. The maximum Gasteiger partial charge on any atom is 1.00 e. The molecule has 0 atom stereocenters. The Bertz CT molecular complexity index is 5660. The molecule has 0 radical (unpaired) electrons. The van der Waals surface area contributed by atoms with E-state index in [0.717, 1.165) is 32.3 Å². The van der Waals surface area contributed by atoms with Crippen LogP contribution in [-0.2, 0) is 26.2 Å². The molecule has 0 unspecified atom stereocenters. The number of anilines is 2. The van der Waals surface area contributed by atoms with Gasteiger partial charge in [-0.1, -0.05) is 104 Å². The van der Waals surface area contributed by atoms with Crippen LogP contribution in [0.2, 0.25) is 44.4 Å². The van der Waals surface area contributed by atoms with E-state index in [1.165, 1.54) is 12.1 Å². The van der Waals surface area contributed by atoms with E-state index in [-0.39, 0.29) is 60.0 Å². The van der Waals surface area contributed by atoms with E-state index >= 15 is 0 Å². The van der Waals surface area contributed by atoms with Gasteiger partial charge in [0.05, 0.1) is 43.6 Å². The normalized spacial score (nSPS) is 11.5. The number of nitrogens with zero attached hydrogens (tertiary/aromatic N) is 14. The van der Waals surface area contributed by atoms with Gasteiger partial charge in [-0.25, -0.2) is 48.7 Å². The number of halogens is 8. The number of terminal acetylenes is 2. The van der Waals surface area contributed by atoms with Crippen molar-refractivity contribution in [1.82, 2.24) is 80.7 Å². The third kappa shape index (κ3) is 21.2. The van der Waals surface area contributed by atoms with Gasteiger partial charge < -0.3 is 15.3 Å². The second-order valence-electron chi connectivity index (χ2n) is 24.8. The van der Waals surface area contributed by atoms with Gasteiger partial charge in [0, 0.05) is 72.1 Å². The Morgan fingerprint density at radius 2 is 0.848 bits per heavy atom. The maximum atomic E-state index is 13.8. The van der Waals surface area contributed by atoms with E-state index in [4.69, 9.17) is 24.4 Å². The standard InChI is InChI=1S/C25H15F2N7.C16H11ClFN5.C12H13FN2Si.C9H5FN2.C7H4BrFN2.C5H10Si.CH4.Na.H2O/c26-18-4-3-16-13-34(14-17(16)12-18)25-29-10-8-22(31-25)24-28-9-7-19(30-24)5-1-15-2-6-21-20(11-15)23(27)33-32-21;17-14-4-6-19-15(22-14)13-3-5-20-16(21-13)23-8-10-1-2-12(18)7-11(10)9-23;1-16(2,3)7-6-9-4-5-11-10(8-9)12(13)15-14-11;1-2-6-3-4-8-7(5-6)9(10)12-11-8;8-4-1-2-6-5(3-4)7(9)11-10-6;1-5-6(2,3)4;;;/h2-4,6-12H,13-14H2,(H,32,33);1-7H,8-9H2;4-5,8H,1-3H3,(H,14,15);1,3-5H,(H,11,12);1-3H,(H,10,11);1H,2-4H3;1H4;;1H2/q;;;;;;;+1;/p-1. The van der Waals surface area contributed by atoms with Crippen molar-refractivity contribution in [2.75, 3.05) is 9.80 Å². The molecule has 14 aromatic rings. The molecule has 16 rings (SSSR count). The van der Waals surface area contributed by atoms with Crippen LogP contribution >= 0.6 is 27.5 Å². The van der Waals surface area contributed by atoms with Crippen molar-refractivity contribution in [3.05, 3.63) is 248 Å². The number of hydrogen-bond acceptors (Lipinski definition) is 15. The molecule has 2 aliphatic rings. The van der Waals surface area contributed by atoms with Crippen LogP contribution in [-0.4, -0.2) is 102 Å². The van der Waals surface area contributed by atoms with Crippen LogP contribution in [0.5, 0.6) is 0 Å². The fourth-order valence-electron chi connectivity index (χ4n) is 9.80. The zero-order valence-electron chi connectivity index (χ0n) is 56.7. The minimum Gasteiger partial charge on any atom is -0.870 e. The summed E-state index contributed by atoms with van der Waals surface area (Å²) in [5.74, 6) is 11.2. The van der Waals surface area contributed by atoms with E-state index in [1.54, 1.807) is 134 Å². The summed E-state index contributed by atoms with van der Waals surface area (Å²) < 4.78 is 80.4. The summed E-state index contributed by atoms with van der Waals surface area (Å²) in [6.45, 7) is 15.3. The van der Waals surface area contributed by atoms with Gasteiger partial charge in [0.2, 0.25) is 35.7 Å². The molecule has 10 heterocycles. The first kappa shape index (κ1) is 79.8. The number of benzene rings is 6. The predicted octanol–water partition coefficient (Wildman–Crippen LogP) is 13.3. The van der Waals surface area contributed by atoms with Gasteiger partial charge in [0.1, 0.15) is 50.0 Å². The van der Waals surface area contributed by atoms with Crippen LogP contribution < -0.4 is 39.4 Å². The quantitative estimate of drug-likeness (QED) is 0.0553. The number of nitrogens with one attached hydrogen (secondary N) is 4. The van der Waals surface area contributed by atoms with Gasteiger partial charge in [-0.3, -0.25) is 20.4 Å². The molecule has 2 aliphatic heterocycles. The van der Waals surface area contributed by atoms with Crippen molar-refractivity contribution in [3.63, 3.8) is 0 Å². The van der Waals surface area contributed by atoms with Gasteiger partial charge in [-0.15, -0.1) is 23.9 Å². The summed E-state index contributed by atoms with van der Waals surface area (Å²) >= 11 is 9.14. The van der Waals surface area contributed by atoms with E-state index in [9.17, 15) is 26.3 Å². The third-order valence-corrected chi connectivity index (χ3v) is 17.3. The summed E-state index contributed by atoms with van der Waals surface area (Å²) in [6, 6.07) is 37.2. The third-order valence-electron chi connectivity index (χ3n) is 14.9. The van der Waals surface area contributed by atoms with Crippen molar-refractivity contribution in [3.8, 4) is 70.7 Å². The Labute approximate surface area is 637 Å². The summed E-state index contributed by atoms with van der Waals surface area (Å²) in [5.41, 5.74) is 16.2. The van der Waals surface area contributed by atoms with Crippen molar-refractivity contribution in [2.45, 2.75) is 72.9 Å². The summed E-state index contributed by atoms with van der Waals surface area (Å²) in [7, 11) is -2.49. The van der Waals surface area contributed by atoms with E-state index in [2.05, 4.69) is 171 Å². The van der Waals surface area contributed by atoms with E-state index in [0.29, 0.717) is 127 Å². The molecule has 0 bridgehead atoms. The molecule has 0 amide bonds. The average molecular weight is 1540 g/mol. The number of aromatic nitrogens is 16. The largest absolute Gasteiger partial charge is 1.00 e. The van der Waals surface area contributed by atoms with Crippen LogP contribution in [0.25, 0.3) is 66.6 Å². The molecule has 0 fully saturated rings. The molecule has 8 aromatic heterocycles. The Hall–Kier alpha value is -10.9. The van der Waals surface area contributed by atoms with Crippen LogP contribution in [0.1, 0.15) is 52.1 Å². The monoisotopic (exact) mass is 1540 g/mol. The Morgan fingerprint density at radius 3 is 1.30 bits per heavy atom. The molecule has 0 saturated heterocycles. The zero-order valence-corrected chi connectivity index (χ0v) is 63.1. The van der Waals surface area contributed by atoms with Crippen LogP contribution in [0.3, 0.4) is 0 Å². The van der Waals surface area contributed by atoms with Gasteiger partial charge in [-0.2, -0.15) is 38.0 Å². The molecule has 6 aromatic carbocycles. The van der Waals surface area contributed by atoms with Crippen LogP contribution in [0.4, 0.5) is 38.2 Å². The molecule has 30 heteroatoms. The predicted molar refractivity (Wildman–Crippen MR) is 401 cm³/mol. The minimum atomic E-state index is -1.38. The fourth-order valence-corrected chi connectivity index (χ4v) is 10.8. The number of aromatic amines is 4. The molecule has 0 saturated carbocycles. The minimum absolute atomic E-state index is 0. The number of H-pyrrole nitrogens is 4. The molecule has 5 N–H and O–H groups in total. The smallest absolute Gasteiger partial charge is 0.870 e. The molecule has 0 spiro atoms. The maximum absolute atomic E-state index is 13.8. The van der Waals surface area contributed by atoms with Gasteiger partial charge in [0.25, 0.3) is 0 Å². The van der Waals surface area contributed by atoms with Crippen molar-refractivity contribution in [2.24, 2.45) is 0 Å². The molecule has 0 aliphatic carbocycles. The van der Waals surface area contributed by atoms with E-state index < -0.39 is 34.0 Å². The average Bonchev–Trinajstić information content (AvgIpc) is 1.74. The number of rotatable bonds is 4. The molecule has 524 valence electrons. The zero-order chi connectivity index (χ0) is 72.2. The summed E-state index contributed by atoms with van der Waals surface area (Å²) in [5, 5.41) is 26.5. The van der Waals surface area contributed by atoms with Gasteiger partial charge >= 0.3 is 29.6 Å². The molecule has 19 nitrogen and oxygen atoms in total. The van der Waals surface area contributed by atoms with Crippen LogP contribution in [0.15, 0.2) is 163 Å². The summed E-state index contributed by atoms with van der Waals surface area (Å²) in [6.07, 6.45) is 16.8. The Morgan fingerprint density at radius 1 is 0.448 bits per heavy atom. The number of hydrogen-bond donors (Lipinski definition) is 4. The fraction of sp³-hybridized carbons (Fsp3) is 0.147. The van der Waals surface area contributed by atoms with Gasteiger partial charge in [-0.05, 0) is 150 Å². The van der Waals surface area contributed by atoms with Crippen molar-refractivity contribution in [1.29, 1.82) is 0 Å². The number of fused-ring (bicyclic) bond motifs is 6. The molecular formula is C75H63BrClF6N18NaOSi2. The van der Waals surface area contributed by atoms with Crippen molar-refractivity contribution < 1.29 is 61.4 Å². The second-order valence-corrected chi connectivity index (χ2v) is 35.6. The van der Waals surface area contributed by atoms with Crippen LogP contribution in [0, 0.1) is 83.0 Å². The molecular weight excluding hydrogens is 1480 g/mol. The Balaban J connectivity index is 0.000000171. The first-order valence-electron chi connectivity index (χ1n) is 31.1. The second kappa shape index (κ2) is 35.5. The van der Waals surface area contributed by atoms with E-state index in [1.807, 2.05) is 21.9 Å². The Kier molecular flexibility index (Phi) is 27.0. The summed E-state index contributed by atoms with van der Waals surface area (Å²) in [4.78, 5) is 39.0. The van der Waals surface area contributed by atoms with Crippen molar-refractivity contribution >= 4 is 99.2 Å². The molecule has 105 heavy (non-hydrogen) atoms. The van der Waals surface area contributed by atoms with Gasteiger partial charge in [0.15, 0.2) is 11.6 Å². The topological polar surface area (TPSA) is 254 Å². The SMILES string of the molecule is C.C#C[Si](C)(C)C.C#Cc1ccc2n[nH]c(F)c2c1.C[Si](C)(C)C#Cc1ccc2n[nH]c(F)c2c1.Fc1[nH]nc2ccc(Br)cc12.Fc1ccc2c(c1)CN(c1nccc(-c3nccc(C#Cc4ccc5n[nH]c(F)c5c4)n3)n1)C2.Fc1ccc2c(c1)CN(c1nccc(-c3nccc(Cl)n3)n1)C2.[Na+].[OH-]. The first-order valence-corrected chi connectivity index (χ1v) is 39.3.